The predicted octanol–water partition coefficient (Wildman–Crippen LogP) is 0.213. The van der Waals surface area contributed by atoms with Gasteiger partial charge in [0, 0.05) is 6.54 Å². The number of nitriles is 1. The Labute approximate surface area is 67.2 Å². The number of hydrogen-bond donors (Lipinski definition) is 1. The summed E-state index contributed by atoms with van der Waals surface area (Å²) in [5, 5.41) is 18.1. The molecule has 2 atom stereocenters. The van der Waals surface area contributed by atoms with E-state index in [1.165, 1.54) is 0 Å². The van der Waals surface area contributed by atoms with E-state index < -0.39 is 6.10 Å². The second-order valence-electron chi connectivity index (χ2n) is 3.18. The average Bonchev–Trinajstić information content (AvgIpc) is 2.15. The molecule has 0 bridgehead atoms. The average molecular weight is 154 g/mol. The van der Waals surface area contributed by atoms with Crippen LogP contribution >= 0.6 is 0 Å². The molecule has 0 unspecified atom stereocenters. The fourth-order valence-corrected chi connectivity index (χ4v) is 1.37. The molecule has 1 rings (SSSR count). The molecule has 1 saturated heterocycles. The smallest absolute Gasteiger partial charge is 0.0735 e. The maximum atomic E-state index is 9.42. The van der Waals surface area contributed by atoms with Gasteiger partial charge in [0.15, 0.2) is 0 Å². The van der Waals surface area contributed by atoms with E-state index in [2.05, 4.69) is 11.0 Å². The minimum atomic E-state index is -0.412. The Kier molecular flexibility index (Phi) is 2.86. The number of rotatable bonds is 0. The van der Waals surface area contributed by atoms with Gasteiger partial charge in [-0.1, -0.05) is 0 Å². The van der Waals surface area contributed by atoms with Crippen LogP contribution < -0.4 is 0 Å². The second-order valence-corrected chi connectivity index (χ2v) is 3.18. The molecular weight excluding hydrogens is 140 g/mol. The SMILES string of the molecule is CN1CC[C@H](O)[C@@H](C#N)CC1. The maximum Gasteiger partial charge on any atom is 0.0735 e. The summed E-state index contributed by atoms with van der Waals surface area (Å²) in [4.78, 5) is 2.15. The number of aliphatic hydroxyl groups excluding tert-OH is 1. The Morgan fingerprint density at radius 1 is 1.45 bits per heavy atom. The van der Waals surface area contributed by atoms with Crippen LogP contribution in [0.4, 0.5) is 0 Å². The third kappa shape index (κ3) is 2.18. The van der Waals surface area contributed by atoms with Gasteiger partial charge in [-0.25, -0.2) is 0 Å². The van der Waals surface area contributed by atoms with Crippen LogP contribution in [0.25, 0.3) is 0 Å². The van der Waals surface area contributed by atoms with Gasteiger partial charge in [0.05, 0.1) is 18.1 Å². The molecule has 0 spiro atoms. The number of likely N-dealkylation sites (tertiary alicyclic amines) is 1. The van der Waals surface area contributed by atoms with Crippen molar-refractivity contribution in [1.29, 1.82) is 5.26 Å². The molecule has 0 saturated carbocycles. The lowest BCUT2D eigenvalue weighted by atomic mass is 10.00. The Morgan fingerprint density at radius 2 is 2.09 bits per heavy atom. The molecule has 0 radical (unpaired) electrons. The first-order chi connectivity index (χ1) is 5.24. The van der Waals surface area contributed by atoms with Gasteiger partial charge in [0.25, 0.3) is 0 Å². The van der Waals surface area contributed by atoms with Crippen LogP contribution in [0.15, 0.2) is 0 Å². The van der Waals surface area contributed by atoms with Gasteiger partial charge in [0.2, 0.25) is 0 Å². The lowest BCUT2D eigenvalue weighted by Crippen LogP contribution is -2.19. The van der Waals surface area contributed by atoms with E-state index in [-0.39, 0.29) is 5.92 Å². The highest BCUT2D eigenvalue weighted by molar-refractivity contribution is 4.90. The van der Waals surface area contributed by atoms with Crippen LogP contribution in [-0.4, -0.2) is 36.2 Å². The summed E-state index contributed by atoms with van der Waals surface area (Å²) < 4.78 is 0. The van der Waals surface area contributed by atoms with Crippen molar-refractivity contribution in [2.75, 3.05) is 20.1 Å². The lowest BCUT2D eigenvalue weighted by molar-refractivity contribution is 0.128. The third-order valence-corrected chi connectivity index (χ3v) is 2.26. The van der Waals surface area contributed by atoms with Gasteiger partial charge in [-0.2, -0.15) is 5.26 Å². The molecule has 1 fully saturated rings. The quantitative estimate of drug-likeness (QED) is 0.542. The molecule has 0 aliphatic carbocycles. The minimum Gasteiger partial charge on any atom is -0.392 e. The number of hydrogen-bond acceptors (Lipinski definition) is 3. The van der Waals surface area contributed by atoms with Crippen molar-refractivity contribution in [3.63, 3.8) is 0 Å². The highest BCUT2D eigenvalue weighted by atomic mass is 16.3. The van der Waals surface area contributed by atoms with E-state index in [0.29, 0.717) is 0 Å². The standard InChI is InChI=1S/C8H14N2O/c1-10-4-2-7(6-9)8(11)3-5-10/h7-8,11H,2-5H2,1H3/t7-,8+/m1/s1. The summed E-state index contributed by atoms with van der Waals surface area (Å²) in [7, 11) is 2.02. The monoisotopic (exact) mass is 154 g/mol. The van der Waals surface area contributed by atoms with Crippen molar-refractivity contribution in [2.45, 2.75) is 18.9 Å². The Bertz CT molecular complexity index is 164. The molecule has 1 N–H and O–H groups in total. The fourth-order valence-electron chi connectivity index (χ4n) is 1.37. The Balaban J connectivity index is 2.50. The van der Waals surface area contributed by atoms with Crippen molar-refractivity contribution in [1.82, 2.24) is 4.90 Å². The van der Waals surface area contributed by atoms with Gasteiger partial charge in [-0.15, -0.1) is 0 Å². The highest BCUT2D eigenvalue weighted by Gasteiger charge is 2.22. The highest BCUT2D eigenvalue weighted by Crippen LogP contribution is 2.15. The normalized spacial score (nSPS) is 34.3. The van der Waals surface area contributed by atoms with Crippen LogP contribution in [0.1, 0.15) is 12.8 Å². The first-order valence-electron chi connectivity index (χ1n) is 4.00. The van der Waals surface area contributed by atoms with Crippen LogP contribution in [0.2, 0.25) is 0 Å². The van der Waals surface area contributed by atoms with Gasteiger partial charge >= 0.3 is 0 Å². The summed E-state index contributed by atoms with van der Waals surface area (Å²) in [6.45, 7) is 1.83. The summed E-state index contributed by atoms with van der Waals surface area (Å²) in [5.41, 5.74) is 0. The molecule has 62 valence electrons. The van der Waals surface area contributed by atoms with Crippen molar-refractivity contribution < 1.29 is 5.11 Å². The summed E-state index contributed by atoms with van der Waals surface area (Å²) in [5.74, 6) is -0.153. The molecule has 11 heavy (non-hydrogen) atoms. The first-order valence-corrected chi connectivity index (χ1v) is 4.00. The molecular formula is C8H14N2O. The number of nitrogens with zero attached hydrogens (tertiary/aromatic N) is 2. The van der Waals surface area contributed by atoms with Gasteiger partial charge in [-0.3, -0.25) is 0 Å². The Hall–Kier alpha value is -0.590. The summed E-state index contributed by atoms with van der Waals surface area (Å²) in [6, 6.07) is 2.14. The molecule has 0 aromatic rings. The lowest BCUT2D eigenvalue weighted by Gasteiger charge is -2.10. The van der Waals surface area contributed by atoms with Crippen molar-refractivity contribution in [2.24, 2.45) is 5.92 Å². The molecule has 1 aliphatic rings. The predicted molar refractivity (Wildman–Crippen MR) is 41.8 cm³/mol. The van der Waals surface area contributed by atoms with E-state index in [0.717, 1.165) is 25.9 Å². The van der Waals surface area contributed by atoms with Crippen LogP contribution in [-0.2, 0) is 0 Å². The largest absolute Gasteiger partial charge is 0.392 e. The molecule has 0 aromatic heterocycles. The van der Waals surface area contributed by atoms with Crippen LogP contribution in [0, 0.1) is 17.2 Å². The third-order valence-electron chi connectivity index (χ3n) is 2.26. The molecule has 3 nitrogen and oxygen atoms in total. The van der Waals surface area contributed by atoms with E-state index in [1.54, 1.807) is 0 Å². The van der Waals surface area contributed by atoms with E-state index in [4.69, 9.17) is 5.26 Å². The molecule has 3 heteroatoms. The zero-order valence-electron chi connectivity index (χ0n) is 6.82. The van der Waals surface area contributed by atoms with Gasteiger partial charge < -0.3 is 10.0 Å². The molecule has 1 aliphatic heterocycles. The molecule has 0 aromatic carbocycles. The van der Waals surface area contributed by atoms with Gasteiger partial charge in [-0.05, 0) is 26.4 Å². The topological polar surface area (TPSA) is 47.3 Å². The fraction of sp³-hybridized carbons (Fsp3) is 0.875. The first kappa shape index (κ1) is 8.51. The summed E-state index contributed by atoms with van der Waals surface area (Å²) in [6.07, 6.45) is 1.12. The van der Waals surface area contributed by atoms with E-state index in [9.17, 15) is 5.11 Å². The number of aliphatic hydroxyl groups is 1. The summed E-state index contributed by atoms with van der Waals surface area (Å²) >= 11 is 0. The Morgan fingerprint density at radius 3 is 2.73 bits per heavy atom. The van der Waals surface area contributed by atoms with Crippen LogP contribution in [0.3, 0.4) is 0 Å². The van der Waals surface area contributed by atoms with E-state index in [1.807, 2.05) is 7.05 Å². The molecule has 0 amide bonds. The molecule has 1 heterocycles. The van der Waals surface area contributed by atoms with E-state index >= 15 is 0 Å². The van der Waals surface area contributed by atoms with Crippen molar-refractivity contribution in [3.05, 3.63) is 0 Å². The van der Waals surface area contributed by atoms with Crippen molar-refractivity contribution >= 4 is 0 Å². The zero-order chi connectivity index (χ0) is 8.27. The van der Waals surface area contributed by atoms with Crippen molar-refractivity contribution in [3.8, 4) is 6.07 Å². The maximum absolute atomic E-state index is 9.42. The van der Waals surface area contributed by atoms with Gasteiger partial charge in [0.1, 0.15) is 0 Å². The minimum absolute atomic E-state index is 0.153. The van der Waals surface area contributed by atoms with Crippen LogP contribution in [0.5, 0.6) is 0 Å². The zero-order valence-corrected chi connectivity index (χ0v) is 6.82. The second kappa shape index (κ2) is 3.70.